The van der Waals surface area contributed by atoms with Crippen molar-refractivity contribution in [2.75, 3.05) is 0 Å². The summed E-state index contributed by atoms with van der Waals surface area (Å²) in [6.07, 6.45) is 4.46. The molecule has 0 aromatic carbocycles. The van der Waals surface area contributed by atoms with Crippen molar-refractivity contribution in [2.45, 2.75) is 51.0 Å². The highest BCUT2D eigenvalue weighted by atomic mass is 35.5. The van der Waals surface area contributed by atoms with Crippen LogP contribution in [0.3, 0.4) is 0 Å². The second-order valence-electron chi connectivity index (χ2n) is 5.63. The molecule has 116 valence electrons. The summed E-state index contributed by atoms with van der Waals surface area (Å²) in [5.74, 6) is -1.51. The Morgan fingerprint density at radius 3 is 2.29 bits per heavy atom. The van der Waals surface area contributed by atoms with Crippen LogP contribution in [0.2, 0.25) is 5.02 Å². The first kappa shape index (κ1) is 15.8. The number of carboxylic acid groups (broad SMARTS) is 1. The van der Waals surface area contributed by atoms with Crippen LogP contribution < -0.4 is 5.32 Å². The highest BCUT2D eigenvalue weighted by Gasteiger charge is 2.41. The molecular formula is C14H20ClN3O3. The van der Waals surface area contributed by atoms with Crippen LogP contribution in [0.25, 0.3) is 0 Å². The predicted octanol–water partition coefficient (Wildman–Crippen LogP) is 2.29. The average Bonchev–Trinajstić information content (AvgIpc) is 2.63. The number of aromatic nitrogens is 2. The summed E-state index contributed by atoms with van der Waals surface area (Å²) >= 11 is 6.09. The summed E-state index contributed by atoms with van der Waals surface area (Å²) in [5.41, 5.74) is -0.448. The highest BCUT2D eigenvalue weighted by molar-refractivity contribution is 6.34. The van der Waals surface area contributed by atoms with Gasteiger partial charge in [0.25, 0.3) is 5.91 Å². The fraction of sp³-hybridized carbons (Fsp3) is 0.643. The van der Waals surface area contributed by atoms with E-state index in [9.17, 15) is 14.7 Å². The molecule has 7 heteroatoms. The van der Waals surface area contributed by atoms with Crippen LogP contribution in [0.5, 0.6) is 0 Å². The molecule has 21 heavy (non-hydrogen) atoms. The molecule has 1 saturated carbocycles. The van der Waals surface area contributed by atoms with Crippen LogP contribution in [0.4, 0.5) is 0 Å². The lowest BCUT2D eigenvalue weighted by Gasteiger charge is -2.28. The van der Waals surface area contributed by atoms with E-state index in [4.69, 9.17) is 11.6 Å². The number of carboxylic acids is 1. The standard InChI is InChI=1S/C14H20ClN3O3/c1-9-10(15)11(17-18(9)2)12(19)16-14(13(20)21)7-5-3-4-6-8-14/h3-8H2,1-2H3,(H,16,19)(H,20,21). The minimum Gasteiger partial charge on any atom is -0.480 e. The van der Waals surface area contributed by atoms with Gasteiger partial charge in [0.1, 0.15) is 5.54 Å². The van der Waals surface area contributed by atoms with Crippen LogP contribution in [0.1, 0.15) is 54.7 Å². The number of hydrogen-bond acceptors (Lipinski definition) is 3. The molecule has 1 aromatic heterocycles. The molecule has 0 unspecified atom stereocenters. The lowest BCUT2D eigenvalue weighted by atomic mass is 9.90. The number of rotatable bonds is 3. The van der Waals surface area contributed by atoms with Crippen molar-refractivity contribution < 1.29 is 14.7 Å². The Balaban J connectivity index is 2.26. The van der Waals surface area contributed by atoms with E-state index in [0.29, 0.717) is 18.5 Å². The summed E-state index contributed by atoms with van der Waals surface area (Å²) in [7, 11) is 1.69. The first-order valence-corrected chi connectivity index (χ1v) is 7.50. The van der Waals surface area contributed by atoms with E-state index in [1.54, 1.807) is 14.0 Å². The number of nitrogens with zero attached hydrogens (tertiary/aromatic N) is 2. The van der Waals surface area contributed by atoms with Crippen molar-refractivity contribution in [1.82, 2.24) is 15.1 Å². The van der Waals surface area contributed by atoms with Crippen LogP contribution in [0, 0.1) is 6.92 Å². The molecule has 2 N–H and O–H groups in total. The number of halogens is 1. The van der Waals surface area contributed by atoms with Gasteiger partial charge in [-0.3, -0.25) is 9.48 Å². The first-order valence-electron chi connectivity index (χ1n) is 7.12. The summed E-state index contributed by atoms with van der Waals surface area (Å²) in [6.45, 7) is 1.75. The van der Waals surface area contributed by atoms with Gasteiger partial charge in [0.05, 0.1) is 10.7 Å². The van der Waals surface area contributed by atoms with Crippen LogP contribution in [-0.4, -0.2) is 32.3 Å². The molecule has 1 heterocycles. The van der Waals surface area contributed by atoms with E-state index >= 15 is 0 Å². The Labute approximate surface area is 128 Å². The Kier molecular flexibility index (Phi) is 4.56. The third-order valence-electron chi connectivity index (χ3n) is 4.20. The number of carbonyl (C=O) groups is 2. The molecule has 1 aliphatic carbocycles. The predicted molar refractivity (Wildman–Crippen MR) is 78.5 cm³/mol. The normalized spacial score (nSPS) is 18.0. The smallest absolute Gasteiger partial charge is 0.329 e. The highest BCUT2D eigenvalue weighted by Crippen LogP contribution is 2.28. The van der Waals surface area contributed by atoms with Gasteiger partial charge >= 0.3 is 5.97 Å². The van der Waals surface area contributed by atoms with Crippen LogP contribution in [-0.2, 0) is 11.8 Å². The van der Waals surface area contributed by atoms with E-state index < -0.39 is 17.4 Å². The summed E-state index contributed by atoms with van der Waals surface area (Å²) in [6, 6.07) is 0. The summed E-state index contributed by atoms with van der Waals surface area (Å²) < 4.78 is 1.51. The molecule has 0 bridgehead atoms. The van der Waals surface area contributed by atoms with E-state index in [0.717, 1.165) is 25.7 Å². The zero-order valence-electron chi connectivity index (χ0n) is 12.3. The molecule has 0 aliphatic heterocycles. The molecule has 1 fully saturated rings. The van der Waals surface area contributed by atoms with Crippen molar-refractivity contribution in [3.8, 4) is 0 Å². The number of aliphatic carboxylic acids is 1. The number of hydrogen-bond donors (Lipinski definition) is 2. The zero-order chi connectivity index (χ0) is 15.6. The Hall–Kier alpha value is -1.56. The van der Waals surface area contributed by atoms with Gasteiger partial charge in [0.15, 0.2) is 5.69 Å². The number of amides is 1. The van der Waals surface area contributed by atoms with E-state index in [1.807, 2.05) is 0 Å². The van der Waals surface area contributed by atoms with Crippen molar-refractivity contribution in [3.63, 3.8) is 0 Å². The van der Waals surface area contributed by atoms with Crippen molar-refractivity contribution >= 4 is 23.5 Å². The average molecular weight is 314 g/mol. The Bertz CT molecular complexity index is 560. The van der Waals surface area contributed by atoms with Gasteiger partial charge in [0.2, 0.25) is 0 Å². The Morgan fingerprint density at radius 2 is 1.86 bits per heavy atom. The van der Waals surface area contributed by atoms with E-state index in [2.05, 4.69) is 10.4 Å². The van der Waals surface area contributed by atoms with E-state index in [-0.39, 0.29) is 10.7 Å². The molecular weight excluding hydrogens is 294 g/mol. The Morgan fingerprint density at radius 1 is 1.29 bits per heavy atom. The number of carbonyl (C=O) groups excluding carboxylic acids is 1. The second kappa shape index (κ2) is 6.05. The third kappa shape index (κ3) is 3.05. The maximum Gasteiger partial charge on any atom is 0.329 e. The van der Waals surface area contributed by atoms with Gasteiger partial charge in [-0.25, -0.2) is 4.79 Å². The van der Waals surface area contributed by atoms with Gasteiger partial charge in [-0.1, -0.05) is 37.3 Å². The van der Waals surface area contributed by atoms with Crippen LogP contribution >= 0.6 is 11.6 Å². The van der Waals surface area contributed by atoms with E-state index in [1.165, 1.54) is 4.68 Å². The van der Waals surface area contributed by atoms with Crippen molar-refractivity contribution in [3.05, 3.63) is 16.4 Å². The van der Waals surface area contributed by atoms with Crippen LogP contribution in [0.15, 0.2) is 0 Å². The third-order valence-corrected chi connectivity index (χ3v) is 4.65. The zero-order valence-corrected chi connectivity index (χ0v) is 13.0. The lowest BCUT2D eigenvalue weighted by Crippen LogP contribution is -2.54. The summed E-state index contributed by atoms with van der Waals surface area (Å²) in [4.78, 5) is 24.1. The number of nitrogens with one attached hydrogen (secondary N) is 1. The molecule has 1 aromatic rings. The SMILES string of the molecule is Cc1c(Cl)c(C(=O)NC2(C(=O)O)CCCCCC2)nn1C. The van der Waals surface area contributed by atoms with Gasteiger partial charge in [-0.05, 0) is 19.8 Å². The molecule has 2 rings (SSSR count). The quantitative estimate of drug-likeness (QED) is 0.839. The monoisotopic (exact) mass is 313 g/mol. The summed E-state index contributed by atoms with van der Waals surface area (Å²) in [5, 5.41) is 16.6. The van der Waals surface area contributed by atoms with Gasteiger partial charge in [-0.2, -0.15) is 5.10 Å². The molecule has 0 spiro atoms. The van der Waals surface area contributed by atoms with Gasteiger partial charge in [0, 0.05) is 7.05 Å². The molecule has 0 saturated heterocycles. The minimum absolute atomic E-state index is 0.0848. The lowest BCUT2D eigenvalue weighted by molar-refractivity contribution is -0.145. The molecule has 1 amide bonds. The maximum absolute atomic E-state index is 12.4. The largest absolute Gasteiger partial charge is 0.480 e. The minimum atomic E-state index is -1.21. The van der Waals surface area contributed by atoms with Crippen molar-refractivity contribution in [2.24, 2.45) is 7.05 Å². The second-order valence-corrected chi connectivity index (χ2v) is 6.01. The van der Waals surface area contributed by atoms with Gasteiger partial charge in [-0.15, -0.1) is 0 Å². The molecule has 1 aliphatic rings. The fourth-order valence-corrected chi connectivity index (χ4v) is 2.97. The van der Waals surface area contributed by atoms with Gasteiger partial charge < -0.3 is 10.4 Å². The molecule has 6 nitrogen and oxygen atoms in total. The fourth-order valence-electron chi connectivity index (χ4n) is 2.73. The number of aryl methyl sites for hydroxylation is 1. The van der Waals surface area contributed by atoms with Crippen molar-refractivity contribution in [1.29, 1.82) is 0 Å². The molecule has 0 radical (unpaired) electrons. The maximum atomic E-state index is 12.4. The topological polar surface area (TPSA) is 84.2 Å². The first-order chi connectivity index (χ1) is 9.87. The molecule has 0 atom stereocenters.